The van der Waals surface area contributed by atoms with Gasteiger partial charge in [0.1, 0.15) is 0 Å². The summed E-state index contributed by atoms with van der Waals surface area (Å²) < 4.78 is 9.36. The van der Waals surface area contributed by atoms with Crippen molar-refractivity contribution >= 4 is 19.2 Å². The van der Waals surface area contributed by atoms with Gasteiger partial charge in [0, 0.05) is 0 Å². The number of nitrogens with one attached hydrogen (secondary N) is 1. The third-order valence-corrected chi connectivity index (χ3v) is 2.33. The zero-order valence-electron chi connectivity index (χ0n) is 10.4. The molecule has 0 bridgehead atoms. The van der Waals surface area contributed by atoms with Crippen LogP contribution in [0.25, 0.3) is 0 Å². The number of benzene rings is 1. The molecule has 19 heavy (non-hydrogen) atoms. The zero-order chi connectivity index (χ0) is 14.1. The molecule has 0 saturated carbocycles. The second-order valence-electron chi connectivity index (χ2n) is 3.77. The van der Waals surface area contributed by atoms with Crippen LogP contribution in [0.1, 0.15) is 18.4 Å². The third kappa shape index (κ3) is 5.76. The Morgan fingerprint density at radius 1 is 1.21 bits per heavy atom. The molecule has 1 aromatic carbocycles. The average molecular weight is 259 g/mol. The summed E-state index contributed by atoms with van der Waals surface area (Å²) in [4.78, 5) is 22.6. The molecule has 0 radical (unpaired) electrons. The molecular formula is C13H14BNO4. The van der Waals surface area contributed by atoms with Gasteiger partial charge in [0.2, 0.25) is 0 Å². The average Bonchev–Trinajstić information content (AvgIpc) is 2.43. The molecule has 1 aromatic rings. The van der Waals surface area contributed by atoms with E-state index in [2.05, 4.69) is 11.2 Å². The molecule has 0 saturated heterocycles. The van der Waals surface area contributed by atoms with Crippen LogP contribution in [0.2, 0.25) is 0 Å². The standard InChI is InChI=1S/C13H14BNO4/c1-10(13(17)19-14-15)7-8-12(16)18-9-11-5-3-2-4-6-11/h2-6,15H,1,7-9H2. The van der Waals surface area contributed by atoms with Crippen LogP contribution in [0.3, 0.4) is 0 Å². The van der Waals surface area contributed by atoms with Gasteiger partial charge in [-0.3, -0.25) is 0 Å². The van der Waals surface area contributed by atoms with Gasteiger partial charge in [-0.05, 0) is 0 Å². The first-order chi connectivity index (χ1) is 9.13. The van der Waals surface area contributed by atoms with E-state index < -0.39 is 11.9 Å². The molecule has 0 amide bonds. The van der Waals surface area contributed by atoms with Crippen LogP contribution in [0.5, 0.6) is 0 Å². The first kappa shape index (κ1) is 14.8. The number of esters is 1. The predicted molar refractivity (Wildman–Crippen MR) is 69.2 cm³/mol. The minimum absolute atomic E-state index is 0.0543. The maximum atomic E-state index is 11.4. The monoisotopic (exact) mass is 259 g/mol. The van der Waals surface area contributed by atoms with Crippen molar-refractivity contribution in [1.82, 2.24) is 0 Å². The number of carbonyl (C=O) groups excluding carboxylic acids is 2. The van der Waals surface area contributed by atoms with Crippen molar-refractivity contribution in [3.63, 3.8) is 0 Å². The van der Waals surface area contributed by atoms with Crippen LogP contribution < -0.4 is 0 Å². The van der Waals surface area contributed by atoms with Crippen molar-refractivity contribution in [2.75, 3.05) is 0 Å². The molecule has 0 heterocycles. The summed E-state index contributed by atoms with van der Waals surface area (Å²) in [5.74, 6) is -1.11. The van der Waals surface area contributed by atoms with E-state index in [0.29, 0.717) is 7.27 Å². The normalized spacial score (nSPS) is 9.26. The van der Waals surface area contributed by atoms with Crippen molar-refractivity contribution in [3.05, 3.63) is 48.0 Å². The van der Waals surface area contributed by atoms with Gasteiger partial charge < -0.3 is 0 Å². The fraction of sp³-hybridized carbons (Fsp3) is 0.231. The summed E-state index contributed by atoms with van der Waals surface area (Å²) in [5, 5.41) is 6.60. The molecule has 0 spiro atoms. The topological polar surface area (TPSA) is 76.5 Å². The molecule has 0 atom stereocenters. The Hall–Kier alpha value is -2.24. The maximum absolute atomic E-state index is 11.4. The summed E-state index contributed by atoms with van der Waals surface area (Å²) in [6, 6.07) is 9.31. The molecule has 0 aliphatic heterocycles. The molecule has 1 rings (SSSR count). The molecule has 0 aromatic heterocycles. The molecule has 0 aliphatic rings. The molecular weight excluding hydrogens is 245 g/mol. The van der Waals surface area contributed by atoms with Crippen LogP contribution in [0, 0.1) is 5.31 Å². The molecule has 5 nitrogen and oxygen atoms in total. The Morgan fingerprint density at radius 2 is 1.89 bits per heavy atom. The summed E-state index contributed by atoms with van der Waals surface area (Å²) in [7, 11) is 0.529. The predicted octanol–water partition coefficient (Wildman–Crippen LogP) is 1.99. The fourth-order valence-electron chi connectivity index (χ4n) is 1.30. The Balaban J connectivity index is 2.27. The second kappa shape index (κ2) is 7.97. The van der Waals surface area contributed by atoms with E-state index in [1.807, 2.05) is 30.3 Å². The van der Waals surface area contributed by atoms with E-state index >= 15 is 0 Å². The first-order valence-electron chi connectivity index (χ1n) is 5.70. The van der Waals surface area contributed by atoms with Crippen LogP contribution in [0.15, 0.2) is 42.5 Å². The van der Waals surface area contributed by atoms with E-state index in [4.69, 9.17) is 10.0 Å². The van der Waals surface area contributed by atoms with Crippen LogP contribution in [-0.4, -0.2) is 19.2 Å². The van der Waals surface area contributed by atoms with E-state index in [9.17, 15) is 9.59 Å². The van der Waals surface area contributed by atoms with Gasteiger partial charge in [0.05, 0.1) is 0 Å². The van der Waals surface area contributed by atoms with Gasteiger partial charge >= 0.3 is 111 Å². The van der Waals surface area contributed by atoms with Gasteiger partial charge in [-0.15, -0.1) is 0 Å². The van der Waals surface area contributed by atoms with Gasteiger partial charge in [-0.25, -0.2) is 0 Å². The number of rotatable bonds is 7. The molecule has 98 valence electrons. The Kier molecular flexibility index (Phi) is 6.22. The van der Waals surface area contributed by atoms with E-state index in [-0.39, 0.29) is 25.0 Å². The van der Waals surface area contributed by atoms with Gasteiger partial charge in [-0.1, -0.05) is 0 Å². The molecule has 0 unspecified atom stereocenters. The number of hydrogen-bond donors (Lipinski definition) is 1. The van der Waals surface area contributed by atoms with Crippen molar-refractivity contribution in [1.29, 1.82) is 5.31 Å². The number of hydrogen-bond acceptors (Lipinski definition) is 5. The fourth-order valence-corrected chi connectivity index (χ4v) is 1.30. The van der Waals surface area contributed by atoms with Crippen molar-refractivity contribution < 1.29 is 19.0 Å². The van der Waals surface area contributed by atoms with Gasteiger partial charge in [-0.2, -0.15) is 0 Å². The van der Waals surface area contributed by atoms with Crippen molar-refractivity contribution in [2.24, 2.45) is 0 Å². The van der Waals surface area contributed by atoms with Crippen LogP contribution in [-0.2, 0) is 25.6 Å². The number of ether oxygens (including phenoxy) is 1. The summed E-state index contributed by atoms with van der Waals surface area (Å²) in [5.41, 5.74) is 1.04. The third-order valence-electron chi connectivity index (χ3n) is 2.33. The van der Waals surface area contributed by atoms with E-state index in [1.54, 1.807) is 0 Å². The second-order valence-corrected chi connectivity index (χ2v) is 3.77. The van der Waals surface area contributed by atoms with Crippen LogP contribution >= 0.6 is 0 Å². The quantitative estimate of drug-likeness (QED) is 0.461. The van der Waals surface area contributed by atoms with Crippen molar-refractivity contribution in [3.8, 4) is 0 Å². The Labute approximate surface area is 112 Å². The SMILES string of the molecule is C=C(CCC(=O)OCc1ccccc1)C(=O)OB=N. The van der Waals surface area contributed by atoms with Crippen LogP contribution in [0.4, 0.5) is 0 Å². The van der Waals surface area contributed by atoms with Gasteiger partial charge in [0.15, 0.2) is 0 Å². The Morgan fingerprint density at radius 3 is 2.53 bits per heavy atom. The van der Waals surface area contributed by atoms with Gasteiger partial charge in [0.25, 0.3) is 0 Å². The zero-order valence-corrected chi connectivity index (χ0v) is 10.4. The molecule has 0 fully saturated rings. The summed E-state index contributed by atoms with van der Waals surface area (Å²) in [6.07, 6.45) is 0.207. The minimum atomic E-state index is -0.703. The van der Waals surface area contributed by atoms with E-state index in [1.165, 1.54) is 0 Å². The summed E-state index contributed by atoms with van der Waals surface area (Å²) in [6.45, 7) is 3.68. The first-order valence-corrected chi connectivity index (χ1v) is 5.70. The van der Waals surface area contributed by atoms with Crippen molar-refractivity contribution in [2.45, 2.75) is 19.4 Å². The number of carbonyl (C=O) groups is 2. The Bertz CT molecular complexity index is 473. The molecule has 1 N–H and O–H groups in total. The molecule has 6 heteroatoms. The molecule has 0 aliphatic carbocycles. The van der Waals surface area contributed by atoms with E-state index in [0.717, 1.165) is 5.56 Å². The summed E-state index contributed by atoms with van der Waals surface area (Å²) >= 11 is 0.